The number of carbonyl (C=O) groups is 1. The summed E-state index contributed by atoms with van der Waals surface area (Å²) in [6.07, 6.45) is 0.410. The lowest BCUT2D eigenvalue weighted by Gasteiger charge is -2.12. The van der Waals surface area contributed by atoms with E-state index >= 15 is 0 Å². The average molecular weight is 349 g/mol. The highest BCUT2D eigenvalue weighted by Crippen LogP contribution is 2.27. The molecule has 2 N–H and O–H groups in total. The molecule has 2 heterocycles. The van der Waals surface area contributed by atoms with Crippen molar-refractivity contribution in [1.29, 1.82) is 0 Å². The molecule has 1 unspecified atom stereocenters. The number of amides is 1. The van der Waals surface area contributed by atoms with Gasteiger partial charge in [0.15, 0.2) is 17.8 Å². The molecule has 23 heavy (non-hydrogen) atoms. The van der Waals surface area contributed by atoms with Gasteiger partial charge in [-0.3, -0.25) is 4.79 Å². The number of halogens is 1. The molecule has 0 aliphatic carbocycles. The number of thiophene rings is 1. The number of rotatable bonds is 5. The highest BCUT2D eigenvalue weighted by atomic mass is 35.5. The number of hydrogen-bond acceptors (Lipinski definition) is 5. The van der Waals surface area contributed by atoms with Crippen LogP contribution >= 0.6 is 22.9 Å². The van der Waals surface area contributed by atoms with E-state index in [1.165, 1.54) is 17.7 Å². The third-order valence-corrected chi connectivity index (χ3v) is 4.36. The third kappa shape index (κ3) is 3.61. The standard InChI is InChI=1S/C16H13ClN2O3S/c17-11-5-3-10(4-6-11)12(20)8-18-16(21)14-15(22-9-19-14)13-2-1-7-23-13/h1-7,9,12,20H,8H2,(H,18,21). The number of nitrogens with zero attached hydrogens (tertiary/aromatic N) is 1. The number of aromatic nitrogens is 1. The van der Waals surface area contributed by atoms with Crippen LogP contribution in [0, 0.1) is 0 Å². The maximum absolute atomic E-state index is 12.3. The molecular formula is C16H13ClN2O3S. The van der Waals surface area contributed by atoms with Crippen molar-refractivity contribution in [1.82, 2.24) is 10.3 Å². The van der Waals surface area contributed by atoms with E-state index in [1.54, 1.807) is 24.3 Å². The van der Waals surface area contributed by atoms with E-state index < -0.39 is 12.0 Å². The van der Waals surface area contributed by atoms with Crippen molar-refractivity contribution < 1.29 is 14.3 Å². The van der Waals surface area contributed by atoms with Crippen LogP contribution in [0.5, 0.6) is 0 Å². The average Bonchev–Trinajstić information content (AvgIpc) is 3.23. The lowest BCUT2D eigenvalue weighted by Crippen LogP contribution is -2.29. The molecule has 1 aromatic carbocycles. The van der Waals surface area contributed by atoms with Crippen LogP contribution in [0.25, 0.3) is 10.6 Å². The first kappa shape index (κ1) is 15.7. The number of carbonyl (C=O) groups excluding carboxylic acids is 1. The van der Waals surface area contributed by atoms with Crippen molar-refractivity contribution in [3.05, 3.63) is 64.5 Å². The molecule has 2 aromatic heterocycles. The minimum absolute atomic E-state index is 0.0667. The van der Waals surface area contributed by atoms with E-state index in [0.717, 1.165) is 4.88 Å². The second-order valence-electron chi connectivity index (χ2n) is 4.78. The number of hydrogen-bond donors (Lipinski definition) is 2. The van der Waals surface area contributed by atoms with Crippen molar-refractivity contribution in [2.24, 2.45) is 0 Å². The number of benzene rings is 1. The molecule has 0 saturated heterocycles. The zero-order chi connectivity index (χ0) is 16.2. The van der Waals surface area contributed by atoms with Gasteiger partial charge < -0.3 is 14.8 Å². The smallest absolute Gasteiger partial charge is 0.274 e. The minimum atomic E-state index is -0.826. The van der Waals surface area contributed by atoms with Crippen LogP contribution in [0.2, 0.25) is 5.02 Å². The first-order chi connectivity index (χ1) is 11.1. The summed E-state index contributed by atoms with van der Waals surface area (Å²) in [4.78, 5) is 17.0. The Kier molecular flexibility index (Phi) is 4.76. The van der Waals surface area contributed by atoms with Crippen molar-refractivity contribution in [3.63, 3.8) is 0 Å². The fraction of sp³-hybridized carbons (Fsp3) is 0.125. The van der Waals surface area contributed by atoms with E-state index in [1.807, 2.05) is 17.5 Å². The summed E-state index contributed by atoms with van der Waals surface area (Å²) in [5.74, 6) is 0.0358. The Morgan fingerprint density at radius 1 is 1.35 bits per heavy atom. The maximum atomic E-state index is 12.3. The Morgan fingerprint density at radius 2 is 2.13 bits per heavy atom. The van der Waals surface area contributed by atoms with Gasteiger partial charge in [0.1, 0.15) is 0 Å². The quantitative estimate of drug-likeness (QED) is 0.739. The SMILES string of the molecule is O=C(NCC(O)c1ccc(Cl)cc1)c1ncoc1-c1cccs1. The van der Waals surface area contributed by atoms with Crippen LogP contribution in [-0.4, -0.2) is 22.5 Å². The van der Waals surface area contributed by atoms with Crippen molar-refractivity contribution >= 4 is 28.8 Å². The Labute approximate surface area is 141 Å². The molecule has 5 nitrogen and oxygen atoms in total. The Balaban J connectivity index is 1.66. The Hall–Kier alpha value is -2.15. The third-order valence-electron chi connectivity index (χ3n) is 3.24. The second kappa shape index (κ2) is 6.95. The molecule has 0 radical (unpaired) electrons. The molecule has 118 valence electrons. The fourth-order valence-electron chi connectivity index (χ4n) is 2.07. The molecule has 0 aliphatic rings. The van der Waals surface area contributed by atoms with Crippen LogP contribution in [-0.2, 0) is 0 Å². The number of nitrogens with one attached hydrogen (secondary N) is 1. The van der Waals surface area contributed by atoms with E-state index in [4.69, 9.17) is 16.0 Å². The van der Waals surface area contributed by atoms with Gasteiger partial charge in [-0.25, -0.2) is 4.98 Å². The van der Waals surface area contributed by atoms with Crippen molar-refractivity contribution in [3.8, 4) is 10.6 Å². The summed E-state index contributed by atoms with van der Waals surface area (Å²) in [5, 5.41) is 15.3. The Bertz CT molecular complexity index is 784. The number of aliphatic hydroxyl groups is 1. The predicted molar refractivity (Wildman–Crippen MR) is 88.6 cm³/mol. The topological polar surface area (TPSA) is 75.4 Å². The van der Waals surface area contributed by atoms with E-state index in [0.29, 0.717) is 16.3 Å². The molecule has 3 rings (SSSR count). The van der Waals surface area contributed by atoms with Crippen LogP contribution in [0.4, 0.5) is 0 Å². The predicted octanol–water partition coefficient (Wildman–Crippen LogP) is 3.52. The number of oxazole rings is 1. The molecule has 0 aliphatic heterocycles. The largest absolute Gasteiger partial charge is 0.442 e. The maximum Gasteiger partial charge on any atom is 0.274 e. The summed E-state index contributed by atoms with van der Waals surface area (Å²) in [6.45, 7) is 0.0667. The molecular weight excluding hydrogens is 336 g/mol. The van der Waals surface area contributed by atoms with Gasteiger partial charge in [-0.2, -0.15) is 0 Å². The van der Waals surface area contributed by atoms with Gasteiger partial charge in [0, 0.05) is 11.6 Å². The second-order valence-corrected chi connectivity index (χ2v) is 6.17. The molecule has 0 fully saturated rings. The monoisotopic (exact) mass is 348 g/mol. The van der Waals surface area contributed by atoms with Gasteiger partial charge in [-0.15, -0.1) is 11.3 Å². The lowest BCUT2D eigenvalue weighted by atomic mass is 10.1. The molecule has 0 bridgehead atoms. The summed E-state index contributed by atoms with van der Waals surface area (Å²) in [7, 11) is 0. The lowest BCUT2D eigenvalue weighted by molar-refractivity contribution is 0.0912. The number of aliphatic hydroxyl groups excluding tert-OH is 1. The first-order valence-electron chi connectivity index (χ1n) is 6.84. The zero-order valence-electron chi connectivity index (χ0n) is 11.9. The highest BCUT2D eigenvalue weighted by molar-refractivity contribution is 7.13. The fourth-order valence-corrected chi connectivity index (χ4v) is 2.91. The van der Waals surface area contributed by atoms with Gasteiger partial charge in [0.25, 0.3) is 5.91 Å². The molecule has 7 heteroatoms. The van der Waals surface area contributed by atoms with Gasteiger partial charge >= 0.3 is 0 Å². The molecule has 1 atom stereocenters. The summed E-state index contributed by atoms with van der Waals surface area (Å²) >= 11 is 7.27. The zero-order valence-corrected chi connectivity index (χ0v) is 13.5. The van der Waals surface area contributed by atoms with E-state index in [-0.39, 0.29) is 12.2 Å². The molecule has 0 spiro atoms. The van der Waals surface area contributed by atoms with Crippen LogP contribution < -0.4 is 5.32 Å². The van der Waals surface area contributed by atoms with Crippen LogP contribution in [0.1, 0.15) is 22.2 Å². The van der Waals surface area contributed by atoms with Crippen LogP contribution in [0.15, 0.2) is 52.6 Å². The van der Waals surface area contributed by atoms with Crippen molar-refractivity contribution in [2.75, 3.05) is 6.54 Å². The van der Waals surface area contributed by atoms with Gasteiger partial charge in [0.2, 0.25) is 0 Å². The minimum Gasteiger partial charge on any atom is -0.442 e. The van der Waals surface area contributed by atoms with E-state index in [9.17, 15) is 9.90 Å². The summed E-state index contributed by atoms with van der Waals surface area (Å²) in [5.41, 5.74) is 0.879. The van der Waals surface area contributed by atoms with Gasteiger partial charge in [0.05, 0.1) is 11.0 Å². The normalized spacial score (nSPS) is 12.1. The van der Waals surface area contributed by atoms with E-state index in [2.05, 4.69) is 10.3 Å². The summed E-state index contributed by atoms with van der Waals surface area (Å²) < 4.78 is 5.30. The highest BCUT2D eigenvalue weighted by Gasteiger charge is 2.19. The first-order valence-corrected chi connectivity index (χ1v) is 8.10. The van der Waals surface area contributed by atoms with Gasteiger partial charge in [-0.05, 0) is 29.1 Å². The van der Waals surface area contributed by atoms with Gasteiger partial charge in [-0.1, -0.05) is 29.8 Å². The van der Waals surface area contributed by atoms with Crippen LogP contribution in [0.3, 0.4) is 0 Å². The molecule has 3 aromatic rings. The summed E-state index contributed by atoms with van der Waals surface area (Å²) in [6, 6.07) is 10.5. The molecule has 0 saturated carbocycles. The Morgan fingerprint density at radius 3 is 2.83 bits per heavy atom. The molecule has 1 amide bonds. The van der Waals surface area contributed by atoms with Crippen molar-refractivity contribution in [2.45, 2.75) is 6.10 Å².